The zero-order chi connectivity index (χ0) is 30.1. The summed E-state index contributed by atoms with van der Waals surface area (Å²) < 4.78 is 3.34. The summed E-state index contributed by atoms with van der Waals surface area (Å²) in [4.78, 5) is 0. The van der Waals surface area contributed by atoms with E-state index in [4.69, 9.17) is 0 Å². The van der Waals surface area contributed by atoms with E-state index in [1.54, 1.807) is 0 Å². The molecule has 4 aromatic carbocycles. The van der Waals surface area contributed by atoms with E-state index in [2.05, 4.69) is 119 Å². The molecular weight excluding hydrogens is 643 g/mol. The van der Waals surface area contributed by atoms with Gasteiger partial charge >= 0.3 is 28.4 Å². The van der Waals surface area contributed by atoms with Crippen molar-refractivity contribution in [1.29, 1.82) is 0 Å². The smallest absolute Gasteiger partial charge is 0.0253 e. The van der Waals surface area contributed by atoms with Gasteiger partial charge in [-0.2, -0.15) is 113 Å². The van der Waals surface area contributed by atoms with Crippen LogP contribution in [0.3, 0.4) is 0 Å². The van der Waals surface area contributed by atoms with E-state index < -0.39 is 0 Å². The molecule has 1 unspecified atom stereocenters. The second kappa shape index (κ2) is 22.2. The summed E-state index contributed by atoms with van der Waals surface area (Å²) in [6, 6.07) is 39.7. The Labute approximate surface area is 289 Å². The Morgan fingerprint density at radius 3 is 1.77 bits per heavy atom. The minimum absolute atomic E-state index is 0. The first-order valence-electron chi connectivity index (χ1n) is 14.4. The number of halogens is 2. The Morgan fingerprint density at radius 1 is 0.767 bits per heavy atom. The summed E-state index contributed by atoms with van der Waals surface area (Å²) in [5.74, 6) is 0.587. The van der Waals surface area contributed by atoms with Gasteiger partial charge in [0.15, 0.2) is 0 Å². The van der Waals surface area contributed by atoms with Crippen LogP contribution in [-0.2, 0) is 30.7 Å². The summed E-state index contributed by atoms with van der Waals surface area (Å²) in [6.07, 6.45) is 11.5. The van der Waals surface area contributed by atoms with Crippen LogP contribution in [0.2, 0.25) is 0 Å². The van der Waals surface area contributed by atoms with Gasteiger partial charge in [0.25, 0.3) is 0 Å². The van der Waals surface area contributed by atoms with Crippen LogP contribution < -0.4 is 0 Å². The fourth-order valence-corrected chi connectivity index (χ4v) is 4.39. The van der Waals surface area contributed by atoms with E-state index in [0.29, 0.717) is 11.3 Å². The van der Waals surface area contributed by atoms with Gasteiger partial charge in [-0.3, -0.25) is 6.08 Å². The van der Waals surface area contributed by atoms with Crippen molar-refractivity contribution < 1.29 is 24.2 Å². The molecule has 228 valence electrons. The van der Waals surface area contributed by atoms with Crippen molar-refractivity contribution in [3.63, 3.8) is 0 Å². The van der Waals surface area contributed by atoms with Crippen LogP contribution in [0, 0.1) is 49.5 Å². The topological polar surface area (TPSA) is 0 Å². The van der Waals surface area contributed by atoms with Crippen LogP contribution in [0.5, 0.6) is 0 Å². The van der Waals surface area contributed by atoms with E-state index in [9.17, 15) is 0 Å². The molecule has 0 fully saturated rings. The molecule has 0 N–H and O–H groups in total. The Bertz CT molecular complexity index is 1270. The van der Waals surface area contributed by atoms with Gasteiger partial charge in [0.05, 0.1) is 0 Å². The maximum atomic E-state index is 3.40. The summed E-state index contributed by atoms with van der Waals surface area (Å²) in [5.41, 5.74) is 9.84. The quantitative estimate of drug-likeness (QED) is 0.162. The predicted octanol–water partition coefficient (Wildman–Crippen LogP) is 11.2. The van der Waals surface area contributed by atoms with Gasteiger partial charge in [-0.25, -0.2) is 6.08 Å². The monoisotopic (exact) mass is 686 g/mol. The summed E-state index contributed by atoms with van der Waals surface area (Å²) >= 11 is 1.30. The van der Waals surface area contributed by atoms with Crippen molar-refractivity contribution in [3.8, 4) is 11.1 Å². The third-order valence-electron chi connectivity index (χ3n) is 6.69. The summed E-state index contributed by atoms with van der Waals surface area (Å²) in [7, 11) is 0. The zero-order valence-electron chi connectivity index (χ0n) is 26.5. The van der Waals surface area contributed by atoms with Crippen LogP contribution in [0.4, 0.5) is 0 Å². The van der Waals surface area contributed by atoms with Crippen LogP contribution in [0.15, 0.2) is 109 Å². The van der Waals surface area contributed by atoms with Gasteiger partial charge in [0, 0.05) is 0 Å². The van der Waals surface area contributed by atoms with Crippen molar-refractivity contribution in [2.45, 2.75) is 60.8 Å². The molecule has 0 nitrogen and oxygen atoms in total. The minimum atomic E-state index is 0. The largest absolute Gasteiger partial charge is 0.179 e. The summed E-state index contributed by atoms with van der Waals surface area (Å²) in [5, 5.41) is 0. The number of allylic oxidation sites excluding steroid dienone is 4. The van der Waals surface area contributed by atoms with Gasteiger partial charge in [-0.05, 0) is 6.42 Å². The van der Waals surface area contributed by atoms with Gasteiger partial charge in [0.2, 0.25) is 0 Å². The molecule has 0 heterocycles. The van der Waals surface area contributed by atoms with Crippen LogP contribution in [0.25, 0.3) is 11.1 Å². The van der Waals surface area contributed by atoms with Crippen LogP contribution in [0.1, 0.15) is 62.8 Å². The molecular formula is C40H46Cl2Zr-4. The first-order valence-corrected chi connectivity index (χ1v) is 16.1. The Hall–Kier alpha value is -2.31. The maximum Gasteiger partial charge on any atom is -0.0253 e. The van der Waals surface area contributed by atoms with Crippen molar-refractivity contribution in [2.75, 3.05) is 0 Å². The fraction of sp³-hybridized carbons (Fsp3) is 0.275. The molecule has 2 aliphatic carbocycles. The van der Waals surface area contributed by atoms with E-state index in [-0.39, 0.29) is 24.8 Å². The predicted molar refractivity (Wildman–Crippen MR) is 189 cm³/mol. The Kier molecular flexibility index (Phi) is 21.0. The molecule has 3 heteroatoms. The molecule has 4 aromatic rings. The maximum absolute atomic E-state index is 3.40. The van der Waals surface area contributed by atoms with Gasteiger partial charge in [-0.1, -0.05) is 101 Å². The second-order valence-electron chi connectivity index (χ2n) is 11.1. The van der Waals surface area contributed by atoms with E-state index in [1.807, 2.05) is 54.6 Å². The number of benzene rings is 4. The molecule has 0 saturated carbocycles. The number of hydrogen-bond donors (Lipinski definition) is 0. The van der Waals surface area contributed by atoms with Crippen LogP contribution >= 0.6 is 24.8 Å². The van der Waals surface area contributed by atoms with E-state index in [0.717, 1.165) is 6.42 Å². The van der Waals surface area contributed by atoms with E-state index >= 15 is 0 Å². The second-order valence-corrected chi connectivity index (χ2v) is 11.1. The third kappa shape index (κ3) is 14.8. The van der Waals surface area contributed by atoms with Gasteiger partial charge in [-0.15, -0.1) is 30.4 Å². The zero-order valence-corrected chi connectivity index (χ0v) is 30.6. The molecule has 0 aromatic heterocycles. The molecule has 6 rings (SSSR count). The van der Waals surface area contributed by atoms with Crippen molar-refractivity contribution in [3.05, 3.63) is 155 Å². The number of aryl methyl sites for hydroxylation is 2. The van der Waals surface area contributed by atoms with E-state index in [1.165, 1.54) is 76.0 Å². The average Bonchev–Trinajstić information content (AvgIpc) is 3.62. The third-order valence-corrected chi connectivity index (χ3v) is 6.69. The van der Waals surface area contributed by atoms with Crippen LogP contribution in [-0.4, -0.2) is 4.21 Å². The Balaban J connectivity index is 0.000000546. The Morgan fingerprint density at radius 2 is 1.30 bits per heavy atom. The fourth-order valence-electron chi connectivity index (χ4n) is 4.39. The molecule has 0 radical (unpaired) electrons. The van der Waals surface area contributed by atoms with Crippen molar-refractivity contribution >= 4 is 29.0 Å². The molecule has 0 aliphatic heterocycles. The molecule has 43 heavy (non-hydrogen) atoms. The first-order chi connectivity index (χ1) is 19.8. The standard InChI is InChI=1S/C13H9.C12H19.2C7H7.CH2.2ClH.Zr/c1-3-7-12-10(5-1)9-11-6-2-4-8-13(11)12;1-5-6-10-7-8-11(9-10)12(2,3)4;2*1-7-5-3-2-4-6-7;;;;/h1-5,7-8H,9H2;8-10H,5-6H2,1-4H3;2*3-6H,1H3;1H2;2*1H;/q4*-1;;;;. The normalized spacial score (nSPS) is 13.0. The van der Waals surface area contributed by atoms with Crippen molar-refractivity contribution in [2.24, 2.45) is 11.3 Å². The van der Waals surface area contributed by atoms with Gasteiger partial charge in [0.1, 0.15) is 0 Å². The number of rotatable bonds is 2. The molecule has 1 atom stereocenters. The average molecular weight is 689 g/mol. The van der Waals surface area contributed by atoms with Crippen molar-refractivity contribution in [1.82, 2.24) is 0 Å². The first kappa shape index (κ1) is 40.7. The minimum Gasteiger partial charge on any atom is -0.179 e. The molecule has 0 bridgehead atoms. The number of hydrogen-bond acceptors (Lipinski definition) is 0. The summed E-state index contributed by atoms with van der Waals surface area (Å²) in [6.45, 7) is 13.1. The molecule has 0 amide bonds. The SMILES string of the molecule is CCCC1[C-]=CC(C(C)(C)C)=C1.Cc1cc[c-]cc1.Cc1cc[c-]cc1.Cl.Cl.[CH2]=[Zr].[c-]1cccc2c1Cc1ccccc1-2. The molecule has 2 aliphatic rings. The molecule has 0 saturated heterocycles. The van der Waals surface area contributed by atoms with Gasteiger partial charge < -0.3 is 0 Å². The molecule has 0 spiro atoms. The number of fused-ring (bicyclic) bond motifs is 3.